The minimum absolute atomic E-state index is 0.0153. The molecule has 0 aromatic heterocycles. The number of thioether (sulfide) groups is 1. The van der Waals surface area contributed by atoms with Gasteiger partial charge in [0.1, 0.15) is 5.82 Å². The summed E-state index contributed by atoms with van der Waals surface area (Å²) in [6, 6.07) is 6.54. The third-order valence-electron chi connectivity index (χ3n) is 2.72. The van der Waals surface area contributed by atoms with E-state index in [1.807, 2.05) is 6.92 Å². The smallest absolute Gasteiger partial charge is 0.223 e. The van der Waals surface area contributed by atoms with Crippen LogP contribution in [0.25, 0.3) is 0 Å². The molecule has 0 aliphatic heterocycles. The molecule has 0 aliphatic carbocycles. The lowest BCUT2D eigenvalue weighted by molar-refractivity contribution is -0.133. The molecular formula is C15H22FNO2S. The highest BCUT2D eigenvalue weighted by molar-refractivity contribution is 7.99. The largest absolute Gasteiger partial charge is 0.389 e. The third kappa shape index (κ3) is 5.92. The van der Waals surface area contributed by atoms with Gasteiger partial charge in [0.25, 0.3) is 0 Å². The van der Waals surface area contributed by atoms with E-state index in [-0.39, 0.29) is 11.7 Å². The van der Waals surface area contributed by atoms with Gasteiger partial charge in [-0.05, 0) is 32.9 Å². The number of rotatable bonds is 7. The van der Waals surface area contributed by atoms with Crippen molar-refractivity contribution in [3.05, 3.63) is 30.1 Å². The van der Waals surface area contributed by atoms with E-state index in [1.54, 1.807) is 36.9 Å². The van der Waals surface area contributed by atoms with E-state index in [2.05, 4.69) is 0 Å². The van der Waals surface area contributed by atoms with Crippen LogP contribution in [0.2, 0.25) is 0 Å². The fraction of sp³-hybridized carbons (Fsp3) is 0.533. The zero-order chi connectivity index (χ0) is 15.2. The first-order valence-corrected chi connectivity index (χ1v) is 7.69. The number of nitrogens with zero attached hydrogens (tertiary/aromatic N) is 1. The molecule has 1 aromatic carbocycles. The van der Waals surface area contributed by atoms with Crippen LogP contribution in [0.4, 0.5) is 4.39 Å². The number of likely N-dealkylation sites (N-methyl/N-ethyl adjacent to an activating group) is 1. The summed E-state index contributed by atoms with van der Waals surface area (Å²) in [4.78, 5) is 14.2. The number of benzene rings is 1. The Morgan fingerprint density at radius 3 is 2.60 bits per heavy atom. The molecule has 0 aliphatic rings. The van der Waals surface area contributed by atoms with Gasteiger partial charge in [-0.1, -0.05) is 12.1 Å². The Hall–Kier alpha value is -1.07. The molecule has 3 nitrogen and oxygen atoms in total. The Balaban J connectivity index is 2.44. The lowest BCUT2D eigenvalue weighted by Gasteiger charge is -2.28. The normalized spacial score (nSPS) is 11.4. The molecule has 0 heterocycles. The van der Waals surface area contributed by atoms with Crippen molar-refractivity contribution in [1.29, 1.82) is 0 Å². The van der Waals surface area contributed by atoms with Gasteiger partial charge in [0, 0.05) is 30.2 Å². The Kier molecular flexibility index (Phi) is 6.49. The van der Waals surface area contributed by atoms with Gasteiger partial charge in [-0.15, -0.1) is 11.8 Å². The van der Waals surface area contributed by atoms with Crippen LogP contribution < -0.4 is 0 Å². The van der Waals surface area contributed by atoms with Crippen molar-refractivity contribution in [1.82, 2.24) is 4.90 Å². The number of aliphatic hydroxyl groups is 1. The number of amides is 1. The fourth-order valence-electron chi connectivity index (χ4n) is 1.81. The molecule has 1 rings (SSSR count). The molecular weight excluding hydrogens is 277 g/mol. The van der Waals surface area contributed by atoms with Crippen LogP contribution in [-0.4, -0.2) is 40.4 Å². The van der Waals surface area contributed by atoms with Crippen molar-refractivity contribution in [2.24, 2.45) is 0 Å². The number of halogens is 1. The maximum Gasteiger partial charge on any atom is 0.223 e. The molecule has 0 saturated carbocycles. The Labute approximate surface area is 124 Å². The molecule has 112 valence electrons. The highest BCUT2D eigenvalue weighted by atomic mass is 32.2. The number of carbonyl (C=O) groups excluding carboxylic acids is 1. The highest BCUT2D eigenvalue weighted by Crippen LogP contribution is 2.22. The first-order valence-electron chi connectivity index (χ1n) is 6.71. The lowest BCUT2D eigenvalue weighted by atomic mass is 10.1. The predicted molar refractivity (Wildman–Crippen MR) is 80.3 cm³/mol. The van der Waals surface area contributed by atoms with Gasteiger partial charge in [-0.25, -0.2) is 4.39 Å². The van der Waals surface area contributed by atoms with Crippen molar-refractivity contribution in [3.8, 4) is 0 Å². The summed E-state index contributed by atoms with van der Waals surface area (Å²) < 4.78 is 13.4. The zero-order valence-electron chi connectivity index (χ0n) is 12.2. The second-order valence-electron chi connectivity index (χ2n) is 5.25. The number of hydrogen-bond acceptors (Lipinski definition) is 3. The summed E-state index contributed by atoms with van der Waals surface area (Å²) in [5.41, 5.74) is -0.898. The predicted octanol–water partition coefficient (Wildman–Crippen LogP) is 2.93. The average Bonchev–Trinajstić information content (AvgIpc) is 2.37. The Morgan fingerprint density at radius 2 is 2.05 bits per heavy atom. The minimum atomic E-state index is -0.898. The van der Waals surface area contributed by atoms with Crippen LogP contribution in [0, 0.1) is 5.82 Å². The van der Waals surface area contributed by atoms with Crippen LogP contribution in [-0.2, 0) is 4.79 Å². The second-order valence-corrected chi connectivity index (χ2v) is 6.39. The van der Waals surface area contributed by atoms with Gasteiger partial charge in [0.05, 0.1) is 5.60 Å². The fourth-order valence-corrected chi connectivity index (χ4v) is 2.69. The van der Waals surface area contributed by atoms with Gasteiger partial charge in [0.2, 0.25) is 5.91 Å². The molecule has 1 aromatic rings. The Bertz CT molecular complexity index is 446. The summed E-state index contributed by atoms with van der Waals surface area (Å²) in [6.07, 6.45) is 0.336. The molecule has 0 unspecified atom stereocenters. The van der Waals surface area contributed by atoms with Gasteiger partial charge in [0.15, 0.2) is 0 Å². The number of carbonyl (C=O) groups is 1. The SMILES string of the molecule is CCN(CC(C)(C)O)C(=O)CCSc1ccccc1F. The maximum absolute atomic E-state index is 13.4. The van der Waals surface area contributed by atoms with Crippen molar-refractivity contribution < 1.29 is 14.3 Å². The van der Waals surface area contributed by atoms with E-state index < -0.39 is 5.60 Å². The van der Waals surface area contributed by atoms with Crippen molar-refractivity contribution >= 4 is 17.7 Å². The van der Waals surface area contributed by atoms with E-state index in [0.717, 1.165) is 0 Å². The van der Waals surface area contributed by atoms with E-state index in [1.165, 1.54) is 17.8 Å². The van der Waals surface area contributed by atoms with E-state index in [0.29, 0.717) is 30.2 Å². The molecule has 1 amide bonds. The van der Waals surface area contributed by atoms with Crippen LogP contribution in [0.5, 0.6) is 0 Å². The summed E-state index contributed by atoms with van der Waals surface area (Å²) in [7, 11) is 0. The summed E-state index contributed by atoms with van der Waals surface area (Å²) in [5, 5.41) is 9.76. The molecule has 0 bridgehead atoms. The first-order chi connectivity index (χ1) is 9.33. The van der Waals surface area contributed by atoms with Crippen molar-refractivity contribution in [3.63, 3.8) is 0 Å². The second kappa shape index (κ2) is 7.64. The average molecular weight is 299 g/mol. The maximum atomic E-state index is 13.4. The van der Waals surface area contributed by atoms with E-state index in [4.69, 9.17) is 0 Å². The monoisotopic (exact) mass is 299 g/mol. The molecule has 0 fully saturated rings. The highest BCUT2D eigenvalue weighted by Gasteiger charge is 2.20. The summed E-state index contributed by atoms with van der Waals surface area (Å²) >= 11 is 1.34. The lowest BCUT2D eigenvalue weighted by Crippen LogP contribution is -2.42. The molecule has 0 saturated heterocycles. The molecule has 0 atom stereocenters. The standard InChI is InChI=1S/C15H22FNO2S/c1-4-17(11-15(2,3)19)14(18)9-10-20-13-8-6-5-7-12(13)16/h5-8,19H,4,9-11H2,1-3H3. The molecule has 0 spiro atoms. The van der Waals surface area contributed by atoms with Crippen LogP contribution in [0.15, 0.2) is 29.2 Å². The van der Waals surface area contributed by atoms with Crippen LogP contribution in [0.1, 0.15) is 27.2 Å². The topological polar surface area (TPSA) is 40.5 Å². The van der Waals surface area contributed by atoms with Gasteiger partial charge < -0.3 is 10.0 Å². The van der Waals surface area contributed by atoms with Gasteiger partial charge in [-0.3, -0.25) is 4.79 Å². The number of hydrogen-bond donors (Lipinski definition) is 1. The zero-order valence-corrected chi connectivity index (χ0v) is 13.0. The van der Waals surface area contributed by atoms with E-state index in [9.17, 15) is 14.3 Å². The molecule has 0 radical (unpaired) electrons. The third-order valence-corrected chi connectivity index (χ3v) is 3.77. The van der Waals surface area contributed by atoms with Crippen LogP contribution >= 0.6 is 11.8 Å². The minimum Gasteiger partial charge on any atom is -0.389 e. The summed E-state index contributed by atoms with van der Waals surface area (Å²) in [6.45, 7) is 6.11. The van der Waals surface area contributed by atoms with E-state index >= 15 is 0 Å². The van der Waals surface area contributed by atoms with Crippen LogP contribution in [0.3, 0.4) is 0 Å². The van der Waals surface area contributed by atoms with Gasteiger partial charge >= 0.3 is 0 Å². The Morgan fingerprint density at radius 1 is 1.40 bits per heavy atom. The summed E-state index contributed by atoms with van der Waals surface area (Å²) in [5.74, 6) is 0.259. The molecule has 1 N–H and O–H groups in total. The quantitative estimate of drug-likeness (QED) is 0.787. The van der Waals surface area contributed by atoms with Gasteiger partial charge in [-0.2, -0.15) is 0 Å². The molecule has 5 heteroatoms. The van der Waals surface area contributed by atoms with Crippen molar-refractivity contribution in [2.75, 3.05) is 18.8 Å². The first kappa shape index (κ1) is 17.0. The van der Waals surface area contributed by atoms with Crippen molar-refractivity contribution in [2.45, 2.75) is 37.7 Å². The molecule has 20 heavy (non-hydrogen) atoms.